The first-order chi connectivity index (χ1) is 10.6. The van der Waals surface area contributed by atoms with Gasteiger partial charge in [-0.05, 0) is 33.2 Å². The lowest BCUT2D eigenvalue weighted by atomic mass is 9.78. The van der Waals surface area contributed by atoms with Gasteiger partial charge in [0, 0.05) is 18.9 Å². The molecule has 6 nitrogen and oxygen atoms in total. The van der Waals surface area contributed by atoms with Gasteiger partial charge in [0.05, 0.1) is 23.1 Å². The number of aromatic nitrogens is 2. The number of hydrogen-bond donors (Lipinski definition) is 1. The van der Waals surface area contributed by atoms with Crippen LogP contribution in [0.2, 0.25) is 0 Å². The van der Waals surface area contributed by atoms with E-state index in [0.717, 1.165) is 17.2 Å². The number of hydrogen-bond acceptors (Lipinski definition) is 6. The van der Waals surface area contributed by atoms with E-state index in [4.69, 9.17) is 9.31 Å². The van der Waals surface area contributed by atoms with Gasteiger partial charge in [0.25, 0.3) is 5.56 Å². The van der Waals surface area contributed by atoms with E-state index in [9.17, 15) is 9.59 Å². The monoisotopic (exact) mass is 336 g/mol. The summed E-state index contributed by atoms with van der Waals surface area (Å²) in [5.74, 6) is 0.389. The second-order valence-corrected chi connectivity index (χ2v) is 7.58. The second-order valence-electron chi connectivity index (χ2n) is 6.42. The maximum absolute atomic E-state index is 11.9. The summed E-state index contributed by atoms with van der Waals surface area (Å²) in [4.78, 5) is 29.6. The van der Waals surface area contributed by atoms with Gasteiger partial charge in [-0.3, -0.25) is 9.59 Å². The molecule has 1 saturated heterocycles. The highest BCUT2D eigenvalue weighted by atomic mass is 32.2. The zero-order valence-electron chi connectivity index (χ0n) is 14.0. The van der Waals surface area contributed by atoms with Gasteiger partial charge in [0.1, 0.15) is 0 Å². The predicted molar refractivity (Wildman–Crippen MR) is 92.1 cm³/mol. The molecular formula is C15H21BN2O4S. The molecule has 1 N–H and O–H groups in total. The Morgan fingerprint density at radius 3 is 2.48 bits per heavy atom. The minimum Gasteiger partial charge on any atom is -0.400 e. The summed E-state index contributed by atoms with van der Waals surface area (Å²) in [6.07, 6.45) is 4.49. The van der Waals surface area contributed by atoms with Gasteiger partial charge >= 0.3 is 7.12 Å². The Kier molecular flexibility index (Phi) is 5.18. The normalized spacial score (nSPS) is 19.9. The van der Waals surface area contributed by atoms with Crippen molar-refractivity contribution in [1.82, 2.24) is 9.97 Å². The first-order valence-corrected chi connectivity index (χ1v) is 8.33. The van der Waals surface area contributed by atoms with E-state index >= 15 is 0 Å². The zero-order chi connectivity index (χ0) is 17.3. The van der Waals surface area contributed by atoms with Crippen LogP contribution in [0, 0.1) is 0 Å². The summed E-state index contributed by atoms with van der Waals surface area (Å²) in [5.41, 5.74) is -0.0941. The van der Waals surface area contributed by atoms with E-state index < -0.39 is 18.3 Å². The molecule has 0 bridgehead atoms. The standard InChI is InChI=1S/C15H21BN2O4S/c1-10(19)23-8-12(6-11-7-17-9-18-13(11)20)16-21-14(2,3)15(4,5)22-16/h6-7,9H,8H2,1-5H3,(H,17,18,20). The van der Waals surface area contributed by atoms with Crippen molar-refractivity contribution in [3.63, 3.8) is 0 Å². The third-order valence-electron chi connectivity index (χ3n) is 4.08. The fourth-order valence-electron chi connectivity index (χ4n) is 2.02. The highest BCUT2D eigenvalue weighted by Gasteiger charge is 2.52. The Morgan fingerprint density at radius 2 is 1.96 bits per heavy atom. The molecule has 2 heterocycles. The topological polar surface area (TPSA) is 81.3 Å². The Labute approximate surface area is 140 Å². The van der Waals surface area contributed by atoms with Crippen LogP contribution in [0.5, 0.6) is 0 Å². The van der Waals surface area contributed by atoms with Crippen LogP contribution >= 0.6 is 11.8 Å². The fourth-order valence-corrected chi connectivity index (χ4v) is 2.60. The predicted octanol–water partition coefficient (Wildman–Crippen LogP) is 2.06. The number of nitrogens with zero attached hydrogens (tertiary/aromatic N) is 1. The molecule has 0 radical (unpaired) electrons. The van der Waals surface area contributed by atoms with Crippen LogP contribution in [0.3, 0.4) is 0 Å². The highest BCUT2D eigenvalue weighted by Crippen LogP contribution is 2.39. The van der Waals surface area contributed by atoms with Crippen molar-refractivity contribution in [2.24, 2.45) is 0 Å². The maximum Gasteiger partial charge on any atom is 0.491 e. The lowest BCUT2D eigenvalue weighted by molar-refractivity contribution is -0.109. The molecule has 0 spiro atoms. The summed E-state index contributed by atoms with van der Waals surface area (Å²) >= 11 is 1.15. The van der Waals surface area contributed by atoms with Gasteiger partial charge in [-0.15, -0.1) is 0 Å². The van der Waals surface area contributed by atoms with Gasteiger partial charge in [0.2, 0.25) is 0 Å². The molecule has 1 aromatic heterocycles. The van der Waals surface area contributed by atoms with Gasteiger partial charge < -0.3 is 14.3 Å². The van der Waals surface area contributed by atoms with Crippen LogP contribution in [0.25, 0.3) is 6.08 Å². The summed E-state index contributed by atoms with van der Waals surface area (Å²) < 4.78 is 12.0. The van der Waals surface area contributed by atoms with Crippen molar-refractivity contribution in [2.75, 3.05) is 5.75 Å². The highest BCUT2D eigenvalue weighted by molar-refractivity contribution is 8.13. The Hall–Kier alpha value is -1.38. The first-order valence-electron chi connectivity index (χ1n) is 7.34. The second kappa shape index (κ2) is 6.63. The SMILES string of the molecule is CC(=O)SCC(=Cc1cnc[nH]c1=O)B1OC(C)(C)C(C)(C)O1. The van der Waals surface area contributed by atoms with Crippen molar-refractivity contribution in [1.29, 1.82) is 0 Å². The van der Waals surface area contributed by atoms with Gasteiger partial charge in [-0.1, -0.05) is 17.8 Å². The summed E-state index contributed by atoms with van der Waals surface area (Å²) in [5, 5.41) is -0.00693. The molecule has 23 heavy (non-hydrogen) atoms. The molecule has 1 aliphatic rings. The molecule has 1 aromatic rings. The smallest absolute Gasteiger partial charge is 0.400 e. The van der Waals surface area contributed by atoms with Gasteiger partial charge in [-0.2, -0.15) is 0 Å². The van der Waals surface area contributed by atoms with E-state index in [-0.39, 0.29) is 10.7 Å². The molecule has 0 unspecified atom stereocenters. The number of aromatic amines is 1. The van der Waals surface area contributed by atoms with Gasteiger partial charge in [0.15, 0.2) is 5.12 Å². The van der Waals surface area contributed by atoms with E-state index in [1.165, 1.54) is 19.4 Å². The molecule has 8 heteroatoms. The minimum atomic E-state index is -0.605. The molecule has 1 fully saturated rings. The first kappa shape index (κ1) is 18.0. The Morgan fingerprint density at radius 1 is 1.35 bits per heavy atom. The van der Waals surface area contributed by atoms with Crippen molar-refractivity contribution < 1.29 is 14.1 Å². The van der Waals surface area contributed by atoms with E-state index in [1.807, 2.05) is 27.7 Å². The average molecular weight is 336 g/mol. The van der Waals surface area contributed by atoms with Crippen LogP contribution in [-0.2, 0) is 14.1 Å². The average Bonchev–Trinajstić information content (AvgIpc) is 2.65. The van der Waals surface area contributed by atoms with Crippen LogP contribution in [0.15, 0.2) is 22.8 Å². The summed E-state index contributed by atoms with van der Waals surface area (Å²) in [7, 11) is -0.605. The molecule has 0 aliphatic carbocycles. The van der Waals surface area contributed by atoms with Crippen LogP contribution in [0.1, 0.15) is 40.2 Å². The molecular weight excluding hydrogens is 315 g/mol. The molecule has 0 atom stereocenters. The molecule has 0 amide bonds. The third-order valence-corrected chi connectivity index (χ3v) is 4.97. The summed E-state index contributed by atoms with van der Waals surface area (Å²) in [6.45, 7) is 9.34. The number of carbonyl (C=O) groups excluding carboxylic acids is 1. The maximum atomic E-state index is 11.9. The number of rotatable bonds is 4. The molecule has 0 aromatic carbocycles. The number of thioether (sulfide) groups is 1. The van der Waals surface area contributed by atoms with Crippen molar-refractivity contribution in [3.8, 4) is 0 Å². The minimum absolute atomic E-state index is 0.00693. The lowest BCUT2D eigenvalue weighted by Crippen LogP contribution is -2.41. The van der Waals surface area contributed by atoms with E-state index in [2.05, 4.69) is 9.97 Å². The zero-order valence-corrected chi connectivity index (χ0v) is 14.8. The fraction of sp³-hybridized carbons (Fsp3) is 0.533. The van der Waals surface area contributed by atoms with Crippen molar-refractivity contribution >= 4 is 30.1 Å². The third kappa shape index (κ3) is 4.13. The number of H-pyrrole nitrogens is 1. The largest absolute Gasteiger partial charge is 0.491 e. The van der Waals surface area contributed by atoms with Crippen LogP contribution in [-0.4, -0.2) is 39.2 Å². The Bertz CT molecular complexity index is 668. The lowest BCUT2D eigenvalue weighted by Gasteiger charge is -2.32. The van der Waals surface area contributed by atoms with E-state index in [0.29, 0.717) is 11.3 Å². The van der Waals surface area contributed by atoms with Crippen molar-refractivity contribution in [2.45, 2.75) is 45.8 Å². The van der Waals surface area contributed by atoms with E-state index in [1.54, 1.807) is 6.08 Å². The number of carbonyl (C=O) groups is 1. The van der Waals surface area contributed by atoms with Crippen molar-refractivity contribution in [3.05, 3.63) is 33.9 Å². The molecule has 0 saturated carbocycles. The Balaban J connectivity index is 2.34. The van der Waals surface area contributed by atoms with Crippen LogP contribution < -0.4 is 5.56 Å². The van der Waals surface area contributed by atoms with Gasteiger partial charge in [-0.25, -0.2) is 4.98 Å². The number of nitrogens with one attached hydrogen (secondary N) is 1. The molecule has 124 valence electrons. The molecule has 2 rings (SSSR count). The quantitative estimate of drug-likeness (QED) is 0.848. The summed E-state index contributed by atoms with van der Waals surface area (Å²) in [6, 6.07) is 0. The molecule has 1 aliphatic heterocycles. The van der Waals surface area contributed by atoms with Crippen LogP contribution in [0.4, 0.5) is 0 Å².